The smallest absolute Gasteiger partial charge is 0.337 e. The van der Waals surface area contributed by atoms with E-state index in [2.05, 4.69) is 10.5 Å². The van der Waals surface area contributed by atoms with Gasteiger partial charge in [-0.15, -0.1) is 0 Å². The molecule has 0 aliphatic carbocycles. The number of esters is 1. The van der Waals surface area contributed by atoms with Crippen LogP contribution >= 0.6 is 34.8 Å². The number of benzene rings is 2. The summed E-state index contributed by atoms with van der Waals surface area (Å²) >= 11 is 18.0. The van der Waals surface area contributed by atoms with E-state index in [4.69, 9.17) is 44.0 Å². The molecule has 0 saturated carbocycles. The number of hydrogen-bond donors (Lipinski definition) is 1. The average molecular weight is 424 g/mol. The van der Waals surface area contributed by atoms with Crippen molar-refractivity contribution in [2.45, 2.75) is 0 Å². The van der Waals surface area contributed by atoms with Gasteiger partial charge in [0.15, 0.2) is 0 Å². The van der Waals surface area contributed by atoms with Gasteiger partial charge in [0.1, 0.15) is 11.5 Å². The Hall–Kier alpha value is -2.47. The lowest BCUT2D eigenvalue weighted by Gasteiger charge is -2.06. The van der Waals surface area contributed by atoms with Gasteiger partial charge in [0.05, 0.1) is 34.6 Å². The summed E-state index contributed by atoms with van der Waals surface area (Å²) in [6.07, 6.45) is 1.48. The largest absolute Gasteiger partial charge is 0.465 e. The lowest BCUT2D eigenvalue weighted by molar-refractivity contribution is 0.0601. The van der Waals surface area contributed by atoms with Crippen LogP contribution in [0.25, 0.3) is 11.3 Å². The molecule has 0 atom stereocenters. The fraction of sp³-hybridized carbons (Fsp3) is 0.0526. The van der Waals surface area contributed by atoms with Crippen LogP contribution in [-0.4, -0.2) is 19.3 Å². The minimum absolute atomic E-state index is 0.351. The molecule has 0 amide bonds. The molecule has 2 aromatic carbocycles. The summed E-state index contributed by atoms with van der Waals surface area (Å²) in [5.74, 6) is 0.679. The van der Waals surface area contributed by atoms with Gasteiger partial charge in [-0.25, -0.2) is 4.79 Å². The molecule has 0 aliphatic rings. The van der Waals surface area contributed by atoms with Gasteiger partial charge in [-0.3, -0.25) is 5.43 Å². The van der Waals surface area contributed by atoms with Crippen molar-refractivity contribution in [1.29, 1.82) is 0 Å². The van der Waals surface area contributed by atoms with Gasteiger partial charge >= 0.3 is 5.97 Å². The lowest BCUT2D eigenvalue weighted by atomic mass is 10.1. The quantitative estimate of drug-likeness (QED) is 0.304. The topological polar surface area (TPSA) is 63.8 Å². The van der Waals surface area contributed by atoms with Crippen LogP contribution in [0.15, 0.2) is 58.0 Å². The number of rotatable bonds is 5. The molecule has 0 aliphatic heterocycles. The highest BCUT2D eigenvalue weighted by molar-refractivity contribution is 6.41. The average Bonchev–Trinajstić information content (AvgIpc) is 3.12. The monoisotopic (exact) mass is 422 g/mol. The lowest BCUT2D eigenvalue weighted by Crippen LogP contribution is -2.00. The summed E-state index contributed by atoms with van der Waals surface area (Å²) in [4.78, 5) is 11.6. The Morgan fingerprint density at radius 2 is 1.85 bits per heavy atom. The molecule has 0 unspecified atom stereocenters. The summed E-state index contributed by atoms with van der Waals surface area (Å²) < 4.78 is 10.5. The maximum absolute atomic E-state index is 11.6. The first kappa shape index (κ1) is 19.3. The maximum atomic E-state index is 11.6. The van der Waals surface area contributed by atoms with Crippen LogP contribution in [0.2, 0.25) is 15.1 Å². The fourth-order valence-corrected chi connectivity index (χ4v) is 3.21. The van der Waals surface area contributed by atoms with Crippen LogP contribution < -0.4 is 5.43 Å². The number of hydrogen-bond acceptors (Lipinski definition) is 5. The molecule has 1 N–H and O–H groups in total. The molecule has 8 heteroatoms. The number of carbonyl (C=O) groups excluding carboxylic acids is 1. The van der Waals surface area contributed by atoms with E-state index in [1.807, 2.05) is 6.07 Å². The molecule has 3 rings (SSSR count). The number of halogens is 3. The zero-order valence-corrected chi connectivity index (χ0v) is 16.3. The molecule has 0 radical (unpaired) electrons. The van der Waals surface area contributed by atoms with Gasteiger partial charge in [-0.1, -0.05) is 46.9 Å². The van der Waals surface area contributed by atoms with Crippen molar-refractivity contribution in [1.82, 2.24) is 0 Å². The molecule has 1 aromatic heterocycles. The van der Waals surface area contributed by atoms with E-state index in [1.165, 1.54) is 13.3 Å². The van der Waals surface area contributed by atoms with Gasteiger partial charge in [0.25, 0.3) is 0 Å². The van der Waals surface area contributed by atoms with Gasteiger partial charge < -0.3 is 9.15 Å². The fourth-order valence-electron chi connectivity index (χ4n) is 2.30. The zero-order valence-electron chi connectivity index (χ0n) is 14.0. The molecule has 0 saturated heterocycles. The second-order valence-electron chi connectivity index (χ2n) is 5.39. The van der Waals surface area contributed by atoms with Gasteiger partial charge in [-0.2, -0.15) is 5.10 Å². The van der Waals surface area contributed by atoms with Crippen molar-refractivity contribution in [2.24, 2.45) is 5.10 Å². The van der Waals surface area contributed by atoms with E-state index in [-0.39, 0.29) is 0 Å². The number of anilines is 1. The van der Waals surface area contributed by atoms with Crippen LogP contribution in [0.4, 0.5) is 5.69 Å². The number of ether oxygens (including phenoxy) is 1. The van der Waals surface area contributed by atoms with E-state index in [0.29, 0.717) is 37.8 Å². The van der Waals surface area contributed by atoms with Gasteiger partial charge in [0.2, 0.25) is 0 Å². The van der Waals surface area contributed by atoms with Crippen molar-refractivity contribution < 1.29 is 13.9 Å². The van der Waals surface area contributed by atoms with E-state index in [0.717, 1.165) is 5.56 Å². The van der Waals surface area contributed by atoms with E-state index < -0.39 is 5.97 Å². The Balaban J connectivity index is 1.75. The van der Waals surface area contributed by atoms with Crippen molar-refractivity contribution in [2.75, 3.05) is 12.5 Å². The summed E-state index contributed by atoms with van der Waals surface area (Å²) in [6.45, 7) is 0. The SMILES string of the molecule is COC(=O)c1cccc(-c2ccc(/C=N\Nc3c(Cl)cc(Cl)cc3Cl)o2)c1. The zero-order chi connectivity index (χ0) is 19.4. The van der Waals surface area contributed by atoms with Gasteiger partial charge in [0, 0.05) is 10.6 Å². The predicted molar refractivity (Wildman–Crippen MR) is 108 cm³/mol. The molecule has 3 aromatic rings. The van der Waals surface area contributed by atoms with Crippen LogP contribution in [0.3, 0.4) is 0 Å². The number of nitrogens with zero attached hydrogens (tertiary/aromatic N) is 1. The highest BCUT2D eigenvalue weighted by Gasteiger charge is 2.10. The Morgan fingerprint density at radius 3 is 2.56 bits per heavy atom. The van der Waals surface area contributed by atoms with Crippen LogP contribution in [0.1, 0.15) is 16.1 Å². The van der Waals surface area contributed by atoms with Crippen LogP contribution in [0.5, 0.6) is 0 Å². The van der Waals surface area contributed by atoms with E-state index in [9.17, 15) is 4.79 Å². The minimum atomic E-state index is -0.411. The van der Waals surface area contributed by atoms with Gasteiger partial charge in [-0.05, 0) is 36.4 Å². The summed E-state index contributed by atoms with van der Waals surface area (Å²) in [5.41, 5.74) is 4.39. The number of furan rings is 1. The van der Waals surface area contributed by atoms with Crippen molar-refractivity contribution in [3.63, 3.8) is 0 Å². The normalized spacial score (nSPS) is 11.0. The number of hydrazone groups is 1. The Bertz CT molecular complexity index is 992. The summed E-state index contributed by atoms with van der Waals surface area (Å²) in [7, 11) is 1.34. The standard InChI is InChI=1S/C19H13Cl3N2O3/c1-26-19(25)12-4-2-3-11(7-12)17-6-5-14(27-17)10-23-24-18-15(21)8-13(20)9-16(18)22/h2-10,24H,1H3/b23-10-. The third kappa shape index (κ3) is 4.63. The van der Waals surface area contributed by atoms with Crippen molar-refractivity contribution in [3.8, 4) is 11.3 Å². The van der Waals surface area contributed by atoms with Crippen LogP contribution in [0, 0.1) is 0 Å². The second-order valence-corrected chi connectivity index (χ2v) is 6.64. The number of methoxy groups -OCH3 is 1. The van der Waals surface area contributed by atoms with E-state index >= 15 is 0 Å². The number of carbonyl (C=O) groups is 1. The van der Waals surface area contributed by atoms with Crippen LogP contribution in [-0.2, 0) is 4.74 Å². The summed E-state index contributed by atoms with van der Waals surface area (Å²) in [5, 5.41) is 5.21. The molecular formula is C19H13Cl3N2O3. The first-order valence-corrected chi connectivity index (χ1v) is 8.83. The molecule has 0 bridgehead atoms. The molecule has 138 valence electrons. The molecule has 27 heavy (non-hydrogen) atoms. The van der Waals surface area contributed by atoms with E-state index in [1.54, 1.807) is 42.5 Å². The van der Waals surface area contributed by atoms with Crippen molar-refractivity contribution in [3.05, 3.63) is 74.9 Å². The summed E-state index contributed by atoms with van der Waals surface area (Å²) in [6, 6.07) is 13.6. The Labute approximate surface area is 170 Å². The maximum Gasteiger partial charge on any atom is 0.337 e. The first-order chi connectivity index (χ1) is 13.0. The molecular weight excluding hydrogens is 411 g/mol. The predicted octanol–water partition coefficient (Wildman–Crippen LogP) is 6.14. The highest BCUT2D eigenvalue weighted by atomic mass is 35.5. The Morgan fingerprint density at radius 1 is 1.11 bits per heavy atom. The number of nitrogens with one attached hydrogen (secondary N) is 1. The Kier molecular flexibility index (Phi) is 6.06. The van der Waals surface area contributed by atoms with Crippen molar-refractivity contribution >= 4 is 52.7 Å². The molecule has 0 fully saturated rings. The third-order valence-corrected chi connectivity index (χ3v) is 4.38. The minimum Gasteiger partial charge on any atom is -0.465 e. The first-order valence-electron chi connectivity index (χ1n) is 7.70. The molecule has 5 nitrogen and oxygen atoms in total. The third-order valence-electron chi connectivity index (χ3n) is 3.57. The molecule has 0 spiro atoms. The second kappa shape index (κ2) is 8.48. The highest BCUT2D eigenvalue weighted by Crippen LogP contribution is 2.33. The molecule has 1 heterocycles.